The maximum absolute atomic E-state index is 5.45. The Morgan fingerprint density at radius 3 is 2.40 bits per heavy atom. The summed E-state index contributed by atoms with van der Waals surface area (Å²) in [6.07, 6.45) is 0. The Balaban J connectivity index is 3.13. The number of methoxy groups -OCH3 is 1. The summed E-state index contributed by atoms with van der Waals surface area (Å²) in [4.78, 5) is 0. The molecule has 1 aromatic rings. The van der Waals surface area contributed by atoms with Gasteiger partial charge in [0.2, 0.25) is 0 Å². The highest BCUT2D eigenvalue weighted by atomic mass is 16.5. The summed E-state index contributed by atoms with van der Waals surface area (Å²) in [5.74, 6) is 6.84. The molecule has 0 spiro atoms. The Labute approximate surface area is 91.6 Å². The second kappa shape index (κ2) is 5.14. The van der Waals surface area contributed by atoms with E-state index in [2.05, 4.69) is 31.4 Å². The van der Waals surface area contributed by atoms with Crippen LogP contribution in [0.25, 0.3) is 0 Å². The van der Waals surface area contributed by atoms with E-state index in [0.29, 0.717) is 5.92 Å². The second-order valence-electron chi connectivity index (χ2n) is 4.04. The van der Waals surface area contributed by atoms with Crippen LogP contribution in [0.2, 0.25) is 0 Å². The Morgan fingerprint density at radius 2 is 1.93 bits per heavy atom. The minimum Gasteiger partial charge on any atom is -0.496 e. The molecule has 0 bridgehead atoms. The molecule has 0 heterocycles. The van der Waals surface area contributed by atoms with Gasteiger partial charge in [0.15, 0.2) is 0 Å². The van der Waals surface area contributed by atoms with Gasteiger partial charge in [-0.3, -0.25) is 11.3 Å². The van der Waals surface area contributed by atoms with E-state index in [0.717, 1.165) is 11.3 Å². The van der Waals surface area contributed by atoms with E-state index < -0.39 is 0 Å². The normalized spacial score (nSPS) is 12.9. The Hall–Kier alpha value is -1.06. The lowest BCUT2D eigenvalue weighted by Gasteiger charge is -2.17. The molecule has 0 aliphatic heterocycles. The minimum absolute atomic E-state index is 0.0960. The van der Waals surface area contributed by atoms with Crippen molar-refractivity contribution < 1.29 is 4.74 Å². The lowest BCUT2D eigenvalue weighted by Crippen LogP contribution is -2.26. The number of nitrogens with one attached hydrogen (secondary N) is 1. The van der Waals surface area contributed by atoms with Crippen molar-refractivity contribution in [3.8, 4) is 5.75 Å². The third kappa shape index (κ3) is 2.70. The van der Waals surface area contributed by atoms with Gasteiger partial charge in [0, 0.05) is 11.6 Å². The van der Waals surface area contributed by atoms with Crippen LogP contribution in [0.4, 0.5) is 0 Å². The predicted molar refractivity (Wildman–Crippen MR) is 62.8 cm³/mol. The zero-order valence-corrected chi connectivity index (χ0v) is 9.87. The number of benzene rings is 1. The van der Waals surface area contributed by atoms with Crippen LogP contribution in [-0.4, -0.2) is 7.11 Å². The van der Waals surface area contributed by atoms with Gasteiger partial charge in [-0.15, -0.1) is 0 Å². The molecule has 0 aromatic heterocycles. The first kappa shape index (κ1) is 12.0. The largest absolute Gasteiger partial charge is 0.496 e. The Morgan fingerprint density at radius 1 is 1.27 bits per heavy atom. The predicted octanol–water partition coefficient (Wildman–Crippen LogP) is 2.34. The number of rotatable bonds is 4. The third-order valence-corrected chi connectivity index (χ3v) is 2.64. The molecule has 0 aliphatic rings. The fourth-order valence-electron chi connectivity index (χ4n) is 1.54. The maximum Gasteiger partial charge on any atom is 0.123 e. The standard InChI is InChI=1S/C12H20N2O/c1-8(2)10-5-6-12(15-4)11(7-10)9(3)14-13/h5-9,14H,13H2,1-4H3. The van der Waals surface area contributed by atoms with Crippen LogP contribution >= 0.6 is 0 Å². The van der Waals surface area contributed by atoms with Crippen LogP contribution in [-0.2, 0) is 0 Å². The van der Waals surface area contributed by atoms with Crippen LogP contribution in [0.3, 0.4) is 0 Å². The van der Waals surface area contributed by atoms with Crippen LogP contribution in [0.5, 0.6) is 5.75 Å². The summed E-state index contributed by atoms with van der Waals surface area (Å²) in [5.41, 5.74) is 5.14. The monoisotopic (exact) mass is 208 g/mol. The summed E-state index contributed by atoms with van der Waals surface area (Å²) in [5, 5.41) is 0. The Bertz CT molecular complexity index is 323. The highest BCUT2D eigenvalue weighted by Gasteiger charge is 2.11. The summed E-state index contributed by atoms with van der Waals surface area (Å²) < 4.78 is 5.31. The summed E-state index contributed by atoms with van der Waals surface area (Å²) in [6.45, 7) is 6.36. The number of nitrogens with two attached hydrogens (primary N) is 1. The summed E-state index contributed by atoms with van der Waals surface area (Å²) >= 11 is 0. The van der Waals surface area contributed by atoms with Crippen LogP contribution in [0, 0.1) is 0 Å². The van der Waals surface area contributed by atoms with E-state index in [1.165, 1.54) is 5.56 Å². The van der Waals surface area contributed by atoms with Gasteiger partial charge in [0.1, 0.15) is 5.75 Å². The highest BCUT2D eigenvalue weighted by molar-refractivity contribution is 5.40. The van der Waals surface area contributed by atoms with E-state index in [1.54, 1.807) is 7.11 Å². The SMILES string of the molecule is COc1ccc(C(C)C)cc1C(C)NN. The van der Waals surface area contributed by atoms with Gasteiger partial charge in [-0.1, -0.05) is 26.0 Å². The van der Waals surface area contributed by atoms with Crippen molar-refractivity contribution in [3.05, 3.63) is 29.3 Å². The van der Waals surface area contributed by atoms with Gasteiger partial charge in [-0.25, -0.2) is 0 Å². The molecule has 0 saturated carbocycles. The third-order valence-electron chi connectivity index (χ3n) is 2.64. The van der Waals surface area contributed by atoms with Gasteiger partial charge in [-0.2, -0.15) is 0 Å². The van der Waals surface area contributed by atoms with Crippen molar-refractivity contribution in [1.29, 1.82) is 0 Å². The van der Waals surface area contributed by atoms with Crippen molar-refractivity contribution in [2.24, 2.45) is 5.84 Å². The van der Waals surface area contributed by atoms with Gasteiger partial charge in [0.25, 0.3) is 0 Å². The molecule has 0 saturated heterocycles. The van der Waals surface area contributed by atoms with E-state index in [4.69, 9.17) is 10.6 Å². The molecule has 0 fully saturated rings. The lowest BCUT2D eigenvalue weighted by atomic mass is 9.97. The van der Waals surface area contributed by atoms with Crippen molar-refractivity contribution >= 4 is 0 Å². The van der Waals surface area contributed by atoms with E-state index in [-0.39, 0.29) is 6.04 Å². The molecule has 0 aliphatic carbocycles. The van der Waals surface area contributed by atoms with Gasteiger partial charge in [-0.05, 0) is 24.5 Å². The molecule has 15 heavy (non-hydrogen) atoms. The highest BCUT2D eigenvalue weighted by Crippen LogP contribution is 2.28. The molecule has 3 heteroatoms. The molecule has 0 radical (unpaired) electrons. The van der Waals surface area contributed by atoms with Gasteiger partial charge < -0.3 is 4.74 Å². The summed E-state index contributed by atoms with van der Waals surface area (Å²) in [6, 6.07) is 6.33. The first-order valence-corrected chi connectivity index (χ1v) is 5.24. The number of hydrogen-bond acceptors (Lipinski definition) is 3. The fraction of sp³-hybridized carbons (Fsp3) is 0.500. The van der Waals surface area contributed by atoms with E-state index >= 15 is 0 Å². The molecule has 0 amide bonds. The molecular formula is C12H20N2O. The number of hydrogen-bond donors (Lipinski definition) is 2. The van der Waals surface area contributed by atoms with Gasteiger partial charge in [0.05, 0.1) is 7.11 Å². The second-order valence-corrected chi connectivity index (χ2v) is 4.04. The van der Waals surface area contributed by atoms with Crippen molar-refractivity contribution in [3.63, 3.8) is 0 Å². The van der Waals surface area contributed by atoms with Crippen molar-refractivity contribution in [2.75, 3.05) is 7.11 Å². The van der Waals surface area contributed by atoms with Crippen LogP contribution in [0.1, 0.15) is 43.9 Å². The lowest BCUT2D eigenvalue weighted by molar-refractivity contribution is 0.402. The number of ether oxygens (including phenoxy) is 1. The Kier molecular flexibility index (Phi) is 4.12. The quantitative estimate of drug-likeness (QED) is 0.590. The number of hydrazine groups is 1. The molecule has 84 valence electrons. The molecule has 1 aromatic carbocycles. The molecule has 1 rings (SSSR count). The zero-order chi connectivity index (χ0) is 11.4. The fourth-order valence-corrected chi connectivity index (χ4v) is 1.54. The molecular weight excluding hydrogens is 188 g/mol. The average Bonchev–Trinajstić information content (AvgIpc) is 2.27. The molecule has 1 atom stereocenters. The first-order chi connectivity index (χ1) is 7.10. The van der Waals surface area contributed by atoms with Crippen LogP contribution in [0.15, 0.2) is 18.2 Å². The smallest absolute Gasteiger partial charge is 0.123 e. The van der Waals surface area contributed by atoms with E-state index in [9.17, 15) is 0 Å². The molecule has 3 N–H and O–H groups in total. The van der Waals surface area contributed by atoms with Crippen molar-refractivity contribution in [2.45, 2.75) is 32.7 Å². The van der Waals surface area contributed by atoms with Crippen molar-refractivity contribution in [1.82, 2.24) is 5.43 Å². The van der Waals surface area contributed by atoms with Crippen LogP contribution < -0.4 is 16.0 Å². The summed E-state index contributed by atoms with van der Waals surface area (Å²) in [7, 11) is 1.68. The first-order valence-electron chi connectivity index (χ1n) is 5.24. The van der Waals surface area contributed by atoms with Gasteiger partial charge >= 0.3 is 0 Å². The topological polar surface area (TPSA) is 47.3 Å². The molecule has 1 unspecified atom stereocenters. The zero-order valence-electron chi connectivity index (χ0n) is 9.87. The average molecular weight is 208 g/mol. The minimum atomic E-state index is 0.0960. The molecule has 3 nitrogen and oxygen atoms in total. The maximum atomic E-state index is 5.45. The van der Waals surface area contributed by atoms with E-state index in [1.807, 2.05) is 13.0 Å².